The number of β-lactam (4-membered cyclic amide) rings is 1. The molecule has 0 aromatic carbocycles. The number of carbonyl (C=O) groups excluding carboxylic acids is 4. The topological polar surface area (TPSA) is 215 Å². The molecule has 15 nitrogen and oxygen atoms in total. The minimum Gasteiger partial charge on any atom is -0.503 e. The van der Waals surface area contributed by atoms with Crippen LogP contribution in [0.3, 0.4) is 0 Å². The number of aromatic hydroxyl groups is 1. The molecule has 2 aliphatic heterocycles. The van der Waals surface area contributed by atoms with Crippen molar-refractivity contribution < 1.29 is 32.7 Å². The first-order valence-electron chi connectivity index (χ1n) is 7.97. The van der Waals surface area contributed by atoms with E-state index in [1.54, 1.807) is 4.72 Å². The number of nitrogens with one attached hydrogen (secondary N) is 3. The molecule has 1 atom stereocenters. The lowest BCUT2D eigenvalue weighted by Gasteiger charge is -2.34. The number of hydrogen-bond donors (Lipinski definition) is 5. The molecule has 6 amide bonds. The van der Waals surface area contributed by atoms with Crippen LogP contribution in [0.15, 0.2) is 17.1 Å². The minimum absolute atomic E-state index is 0.166. The van der Waals surface area contributed by atoms with Crippen molar-refractivity contribution >= 4 is 34.1 Å². The summed E-state index contributed by atoms with van der Waals surface area (Å²) in [5, 5.41) is 9.82. The highest BCUT2D eigenvalue weighted by molar-refractivity contribution is 7.88. The average Bonchev–Trinajstić information content (AvgIpc) is 3.02. The molecule has 1 aromatic rings. The van der Waals surface area contributed by atoms with E-state index >= 15 is 0 Å². The number of nitrogens with two attached hydrogens (primary N) is 1. The molecule has 16 heteroatoms. The second-order valence-electron chi connectivity index (χ2n) is 6.01. The van der Waals surface area contributed by atoms with Crippen LogP contribution in [0, 0.1) is 0 Å². The summed E-state index contributed by atoms with van der Waals surface area (Å²) < 4.78 is 26.4. The summed E-state index contributed by atoms with van der Waals surface area (Å²) >= 11 is 0. The highest BCUT2D eigenvalue weighted by Crippen LogP contribution is 2.13. The van der Waals surface area contributed by atoms with Gasteiger partial charge in [-0.05, 0) is 0 Å². The Morgan fingerprint density at radius 3 is 2.52 bits per heavy atom. The average molecular weight is 429 g/mol. The summed E-state index contributed by atoms with van der Waals surface area (Å²) in [5.74, 6) is -2.32. The lowest BCUT2D eigenvalue weighted by Crippen LogP contribution is -2.66. The maximum atomic E-state index is 12.3. The van der Waals surface area contributed by atoms with Crippen molar-refractivity contribution in [1.29, 1.82) is 0 Å². The Labute approximate surface area is 162 Å². The third-order valence-corrected chi connectivity index (χ3v) is 5.41. The zero-order valence-electron chi connectivity index (χ0n) is 14.5. The molecule has 0 bridgehead atoms. The zero-order chi connectivity index (χ0) is 21.5. The highest BCUT2D eigenvalue weighted by atomic mass is 32.2. The third-order valence-electron chi connectivity index (χ3n) is 4.06. The summed E-state index contributed by atoms with van der Waals surface area (Å²) in [4.78, 5) is 61.9. The minimum atomic E-state index is -4.65. The largest absolute Gasteiger partial charge is 0.503 e. The van der Waals surface area contributed by atoms with Gasteiger partial charge < -0.3 is 15.8 Å². The van der Waals surface area contributed by atoms with E-state index in [1.165, 1.54) is 0 Å². The normalized spacial score (nSPS) is 19.2. The lowest BCUT2D eigenvalue weighted by atomic mass is 10.1. The number of carbonyl (C=O) groups is 4. The van der Waals surface area contributed by atoms with Crippen molar-refractivity contribution in [1.82, 2.24) is 29.3 Å². The van der Waals surface area contributed by atoms with Crippen molar-refractivity contribution in [3.05, 3.63) is 28.2 Å². The van der Waals surface area contributed by atoms with E-state index in [0.29, 0.717) is 9.91 Å². The van der Waals surface area contributed by atoms with Crippen LogP contribution in [-0.4, -0.2) is 82.3 Å². The van der Waals surface area contributed by atoms with E-state index in [-0.39, 0.29) is 23.1 Å². The van der Waals surface area contributed by atoms with Crippen molar-refractivity contribution in [2.75, 3.05) is 19.6 Å². The smallest absolute Gasteiger partial charge is 0.353 e. The fraction of sp³-hybridized carbons (Fsp3) is 0.308. The van der Waals surface area contributed by atoms with Crippen molar-refractivity contribution in [3.63, 3.8) is 0 Å². The van der Waals surface area contributed by atoms with Gasteiger partial charge >= 0.3 is 22.3 Å². The molecule has 3 rings (SSSR count). The number of pyridine rings is 1. The van der Waals surface area contributed by atoms with E-state index in [9.17, 15) is 32.4 Å². The summed E-state index contributed by atoms with van der Waals surface area (Å²) in [5.41, 5.74) is 6.29. The Morgan fingerprint density at radius 1 is 1.24 bits per heavy atom. The predicted octanol–water partition coefficient (Wildman–Crippen LogP) is -3.41. The monoisotopic (exact) mass is 429 g/mol. The molecule has 156 valence electrons. The van der Waals surface area contributed by atoms with Crippen LogP contribution in [0.2, 0.25) is 0 Å². The Balaban J connectivity index is 1.64. The zero-order valence-corrected chi connectivity index (χ0v) is 15.3. The van der Waals surface area contributed by atoms with Gasteiger partial charge in [0.2, 0.25) is 11.3 Å². The first-order chi connectivity index (χ1) is 13.5. The number of hydrazine groups is 1. The Kier molecular flexibility index (Phi) is 4.89. The standard InChI is InChI=1S/C13H15N7O8S/c14-6-5-18(11(6)24)12(25)17-29(27,28)20-2-1-19(13(20)26)16-10(23)7-3-8(21)9(22)4-15-7/h3-4,6,22H,1-2,5,14H2,(H,15,21)(H,16,23)(H,17,25)/t6-/m0/s1. The molecule has 6 N–H and O–H groups in total. The highest BCUT2D eigenvalue weighted by Gasteiger charge is 2.43. The van der Waals surface area contributed by atoms with Gasteiger partial charge in [0, 0.05) is 12.3 Å². The van der Waals surface area contributed by atoms with Crippen LogP contribution in [0.1, 0.15) is 10.5 Å². The quantitative estimate of drug-likeness (QED) is 0.301. The van der Waals surface area contributed by atoms with Gasteiger partial charge in [0.1, 0.15) is 11.7 Å². The summed E-state index contributed by atoms with van der Waals surface area (Å²) in [6.07, 6.45) is 0.873. The molecule has 2 saturated heterocycles. The van der Waals surface area contributed by atoms with Gasteiger partial charge in [0.15, 0.2) is 5.75 Å². The van der Waals surface area contributed by atoms with E-state index < -0.39 is 57.9 Å². The lowest BCUT2D eigenvalue weighted by molar-refractivity contribution is -0.137. The molecule has 2 fully saturated rings. The SMILES string of the molecule is N[C@H]1CN(C(=O)NS(=O)(=O)N2CCN(NC(=O)c3cc(=O)c(O)c[nH]3)C2=O)C1=O. The molecule has 0 radical (unpaired) electrons. The molecule has 1 aromatic heterocycles. The Hall–Kier alpha value is -3.66. The molecule has 0 aliphatic carbocycles. The molecule has 2 aliphatic rings. The van der Waals surface area contributed by atoms with Gasteiger partial charge in [0.25, 0.3) is 5.91 Å². The predicted molar refractivity (Wildman–Crippen MR) is 92.1 cm³/mol. The van der Waals surface area contributed by atoms with Crippen LogP contribution in [0.5, 0.6) is 5.75 Å². The number of rotatable bonds is 4. The molecule has 3 heterocycles. The van der Waals surface area contributed by atoms with Gasteiger partial charge in [-0.1, -0.05) is 0 Å². The number of nitrogens with zero attached hydrogens (tertiary/aromatic N) is 3. The van der Waals surface area contributed by atoms with E-state index in [0.717, 1.165) is 12.3 Å². The number of aromatic nitrogens is 1. The van der Waals surface area contributed by atoms with Gasteiger partial charge in [0.05, 0.1) is 19.6 Å². The number of H-pyrrole nitrogens is 1. The van der Waals surface area contributed by atoms with E-state index in [2.05, 4.69) is 10.4 Å². The molecular weight excluding hydrogens is 414 g/mol. The van der Waals surface area contributed by atoms with Crippen molar-refractivity contribution in [2.24, 2.45) is 5.73 Å². The summed E-state index contributed by atoms with van der Waals surface area (Å²) in [6, 6.07) is -2.54. The summed E-state index contributed by atoms with van der Waals surface area (Å²) in [6.45, 7) is -0.821. The number of aromatic amines is 1. The number of urea groups is 2. The third kappa shape index (κ3) is 3.69. The van der Waals surface area contributed by atoms with Crippen LogP contribution in [-0.2, 0) is 15.0 Å². The van der Waals surface area contributed by atoms with E-state index in [4.69, 9.17) is 10.8 Å². The Morgan fingerprint density at radius 2 is 1.93 bits per heavy atom. The molecule has 29 heavy (non-hydrogen) atoms. The first-order valence-corrected chi connectivity index (χ1v) is 9.41. The van der Waals surface area contributed by atoms with Gasteiger partial charge in [-0.25, -0.2) is 23.6 Å². The number of imide groups is 1. The van der Waals surface area contributed by atoms with Gasteiger partial charge in [-0.3, -0.25) is 24.7 Å². The van der Waals surface area contributed by atoms with Gasteiger partial charge in [-0.2, -0.15) is 8.42 Å². The molecular formula is C13H15N7O8S. The fourth-order valence-corrected chi connectivity index (χ4v) is 3.54. The molecule has 0 spiro atoms. The second kappa shape index (κ2) is 7.06. The number of likely N-dealkylation sites (tertiary alicyclic amines) is 1. The second-order valence-corrected chi connectivity index (χ2v) is 7.61. The number of hydrogen-bond acceptors (Lipinski definition) is 9. The van der Waals surface area contributed by atoms with Gasteiger partial charge in [-0.15, -0.1) is 0 Å². The van der Waals surface area contributed by atoms with E-state index in [1.807, 2.05) is 0 Å². The van der Waals surface area contributed by atoms with Crippen LogP contribution < -0.4 is 21.3 Å². The molecule has 0 saturated carbocycles. The molecule has 0 unspecified atom stereocenters. The number of amides is 6. The van der Waals surface area contributed by atoms with Crippen LogP contribution in [0.4, 0.5) is 9.59 Å². The van der Waals surface area contributed by atoms with Crippen LogP contribution >= 0.6 is 0 Å². The fourth-order valence-electron chi connectivity index (χ4n) is 2.48. The summed E-state index contributed by atoms with van der Waals surface area (Å²) in [7, 11) is -4.65. The maximum Gasteiger partial charge on any atom is 0.353 e. The van der Waals surface area contributed by atoms with Crippen molar-refractivity contribution in [3.8, 4) is 5.75 Å². The van der Waals surface area contributed by atoms with Crippen molar-refractivity contribution in [2.45, 2.75) is 6.04 Å². The first kappa shape index (κ1) is 20.1. The Bertz CT molecular complexity index is 1070. The van der Waals surface area contributed by atoms with Crippen LogP contribution in [0.25, 0.3) is 0 Å². The maximum absolute atomic E-state index is 12.3.